The van der Waals surface area contributed by atoms with Crippen molar-refractivity contribution in [1.82, 2.24) is 5.32 Å². The molecule has 1 heterocycles. The average Bonchev–Trinajstić information content (AvgIpc) is 2.48. The lowest BCUT2D eigenvalue weighted by Crippen LogP contribution is -2.12. The predicted molar refractivity (Wildman–Crippen MR) is 51.9 cm³/mol. The highest BCUT2D eigenvalue weighted by atomic mass is 79.9. The molecule has 1 aromatic carbocycles. The average molecular weight is 242 g/mol. The van der Waals surface area contributed by atoms with Gasteiger partial charge >= 0.3 is 0 Å². The summed E-state index contributed by atoms with van der Waals surface area (Å²) in [5, 5.41) is 2.75. The van der Waals surface area contributed by atoms with Crippen LogP contribution in [0.4, 0.5) is 0 Å². The maximum absolute atomic E-state index is 11.3. The molecular formula is C9H8BrNO2. The minimum Gasteiger partial charge on any atom is -0.497 e. The van der Waals surface area contributed by atoms with Crippen LogP contribution in [-0.2, 0) is 6.54 Å². The molecular weight excluding hydrogens is 234 g/mol. The molecule has 3 nitrogen and oxygen atoms in total. The Morgan fingerprint density at radius 1 is 1.54 bits per heavy atom. The first-order chi connectivity index (χ1) is 6.22. The van der Waals surface area contributed by atoms with Crippen LogP contribution in [0.1, 0.15) is 15.9 Å². The van der Waals surface area contributed by atoms with Crippen LogP contribution < -0.4 is 10.1 Å². The van der Waals surface area contributed by atoms with Gasteiger partial charge in [-0.1, -0.05) is 0 Å². The van der Waals surface area contributed by atoms with Crippen LogP contribution in [0.15, 0.2) is 16.6 Å². The second kappa shape index (κ2) is 3.03. The van der Waals surface area contributed by atoms with E-state index in [9.17, 15) is 4.79 Å². The van der Waals surface area contributed by atoms with Gasteiger partial charge in [0.2, 0.25) is 0 Å². The standard InChI is InChI=1S/C9H8BrNO2/c1-13-6-2-5-4-11-9(12)8(5)7(10)3-6/h2-3H,4H2,1H3,(H,11,12). The van der Waals surface area contributed by atoms with Crippen LogP contribution in [0.2, 0.25) is 0 Å². The van der Waals surface area contributed by atoms with Gasteiger partial charge in [-0.2, -0.15) is 0 Å². The SMILES string of the molecule is COc1cc(Br)c2c(c1)CNC2=O. The molecule has 0 unspecified atom stereocenters. The number of benzene rings is 1. The first-order valence-corrected chi connectivity index (χ1v) is 4.66. The molecule has 2 rings (SSSR count). The summed E-state index contributed by atoms with van der Waals surface area (Å²) < 4.78 is 5.88. The van der Waals surface area contributed by atoms with Gasteiger partial charge in [0.05, 0.1) is 12.7 Å². The summed E-state index contributed by atoms with van der Waals surface area (Å²) in [6, 6.07) is 3.67. The Morgan fingerprint density at radius 3 is 3.00 bits per heavy atom. The lowest BCUT2D eigenvalue weighted by molar-refractivity contribution is 0.0965. The number of methoxy groups -OCH3 is 1. The molecule has 0 saturated heterocycles. The molecule has 68 valence electrons. The van der Waals surface area contributed by atoms with E-state index in [1.165, 1.54) is 0 Å². The first-order valence-electron chi connectivity index (χ1n) is 3.87. The number of hydrogen-bond donors (Lipinski definition) is 1. The molecule has 0 bridgehead atoms. The van der Waals surface area contributed by atoms with Crippen LogP contribution >= 0.6 is 15.9 Å². The summed E-state index contributed by atoms with van der Waals surface area (Å²) in [6.45, 7) is 0.587. The van der Waals surface area contributed by atoms with Crippen LogP contribution in [0, 0.1) is 0 Å². The van der Waals surface area contributed by atoms with Gasteiger partial charge in [0.25, 0.3) is 5.91 Å². The van der Waals surface area contributed by atoms with Gasteiger partial charge in [0.15, 0.2) is 0 Å². The molecule has 0 fully saturated rings. The Bertz CT molecular complexity index is 376. The number of fused-ring (bicyclic) bond motifs is 1. The quantitative estimate of drug-likeness (QED) is 0.813. The van der Waals surface area contributed by atoms with Crippen molar-refractivity contribution >= 4 is 21.8 Å². The lowest BCUT2D eigenvalue weighted by Gasteiger charge is -2.03. The van der Waals surface area contributed by atoms with Crippen molar-refractivity contribution in [2.45, 2.75) is 6.54 Å². The van der Waals surface area contributed by atoms with E-state index >= 15 is 0 Å². The molecule has 0 atom stereocenters. The van der Waals surface area contributed by atoms with Crippen LogP contribution in [0.5, 0.6) is 5.75 Å². The number of rotatable bonds is 1. The third kappa shape index (κ3) is 1.31. The Labute approximate surface area is 84.2 Å². The Morgan fingerprint density at radius 2 is 2.31 bits per heavy atom. The molecule has 1 N–H and O–H groups in total. The Hall–Kier alpha value is -1.03. The molecule has 0 saturated carbocycles. The van der Waals surface area contributed by atoms with Gasteiger partial charge in [-0.3, -0.25) is 4.79 Å². The van der Waals surface area contributed by atoms with Gasteiger partial charge in [0.1, 0.15) is 5.75 Å². The Balaban J connectivity index is 2.59. The lowest BCUT2D eigenvalue weighted by atomic mass is 10.1. The predicted octanol–water partition coefficient (Wildman–Crippen LogP) is 1.70. The molecule has 4 heteroatoms. The van der Waals surface area contributed by atoms with Crippen molar-refractivity contribution in [3.63, 3.8) is 0 Å². The van der Waals surface area contributed by atoms with E-state index in [0.29, 0.717) is 6.54 Å². The largest absolute Gasteiger partial charge is 0.497 e. The molecule has 13 heavy (non-hydrogen) atoms. The molecule has 0 spiro atoms. The number of carbonyl (C=O) groups is 1. The maximum Gasteiger partial charge on any atom is 0.253 e. The smallest absolute Gasteiger partial charge is 0.253 e. The Kier molecular flexibility index (Phi) is 2.00. The number of ether oxygens (including phenoxy) is 1. The van der Waals surface area contributed by atoms with Crippen molar-refractivity contribution < 1.29 is 9.53 Å². The van der Waals surface area contributed by atoms with Crippen LogP contribution in [0.25, 0.3) is 0 Å². The molecule has 0 radical (unpaired) electrons. The number of halogens is 1. The zero-order valence-corrected chi connectivity index (χ0v) is 8.64. The number of hydrogen-bond acceptors (Lipinski definition) is 2. The second-order valence-electron chi connectivity index (χ2n) is 2.83. The molecule has 1 aromatic rings. The first kappa shape index (κ1) is 8.56. The van der Waals surface area contributed by atoms with Crippen LogP contribution in [-0.4, -0.2) is 13.0 Å². The summed E-state index contributed by atoms with van der Waals surface area (Å²) in [4.78, 5) is 11.3. The van der Waals surface area contributed by atoms with Crippen molar-refractivity contribution in [3.05, 3.63) is 27.7 Å². The number of carbonyl (C=O) groups excluding carboxylic acids is 1. The summed E-state index contributed by atoms with van der Waals surface area (Å²) in [5.74, 6) is 0.742. The summed E-state index contributed by atoms with van der Waals surface area (Å²) >= 11 is 3.34. The fourth-order valence-corrected chi connectivity index (χ4v) is 2.07. The van der Waals surface area contributed by atoms with E-state index < -0.39 is 0 Å². The van der Waals surface area contributed by atoms with Crippen LogP contribution in [0.3, 0.4) is 0 Å². The minimum atomic E-state index is -0.0236. The van der Waals surface area contributed by atoms with Crippen molar-refractivity contribution in [2.75, 3.05) is 7.11 Å². The zero-order valence-electron chi connectivity index (χ0n) is 7.06. The number of nitrogens with one attached hydrogen (secondary N) is 1. The summed E-state index contributed by atoms with van der Waals surface area (Å²) in [6.07, 6.45) is 0. The topological polar surface area (TPSA) is 38.3 Å². The monoisotopic (exact) mass is 241 g/mol. The van der Waals surface area contributed by atoms with E-state index in [0.717, 1.165) is 21.3 Å². The second-order valence-corrected chi connectivity index (χ2v) is 3.68. The maximum atomic E-state index is 11.3. The van der Waals surface area contributed by atoms with E-state index in [2.05, 4.69) is 21.2 Å². The molecule has 1 aliphatic heterocycles. The van der Waals surface area contributed by atoms with E-state index in [-0.39, 0.29) is 5.91 Å². The highest BCUT2D eigenvalue weighted by Crippen LogP contribution is 2.29. The van der Waals surface area contributed by atoms with E-state index in [1.54, 1.807) is 13.2 Å². The highest BCUT2D eigenvalue weighted by Gasteiger charge is 2.22. The van der Waals surface area contributed by atoms with Gasteiger partial charge < -0.3 is 10.1 Å². The molecule has 1 amide bonds. The molecule has 0 aliphatic carbocycles. The van der Waals surface area contributed by atoms with Crippen molar-refractivity contribution in [3.8, 4) is 5.75 Å². The van der Waals surface area contributed by atoms with Gasteiger partial charge in [-0.05, 0) is 33.6 Å². The fraction of sp³-hybridized carbons (Fsp3) is 0.222. The summed E-state index contributed by atoms with van der Waals surface area (Å²) in [5.41, 5.74) is 1.71. The third-order valence-corrected chi connectivity index (χ3v) is 2.67. The van der Waals surface area contributed by atoms with Gasteiger partial charge in [0, 0.05) is 11.0 Å². The minimum absolute atomic E-state index is 0.0236. The third-order valence-electron chi connectivity index (χ3n) is 2.05. The van der Waals surface area contributed by atoms with Crippen molar-refractivity contribution in [1.29, 1.82) is 0 Å². The van der Waals surface area contributed by atoms with E-state index in [4.69, 9.17) is 4.74 Å². The molecule has 0 aromatic heterocycles. The van der Waals surface area contributed by atoms with E-state index in [1.807, 2.05) is 6.07 Å². The zero-order chi connectivity index (χ0) is 9.42. The normalized spacial score (nSPS) is 13.8. The molecule has 1 aliphatic rings. The fourth-order valence-electron chi connectivity index (χ4n) is 1.41. The highest BCUT2D eigenvalue weighted by molar-refractivity contribution is 9.10. The number of amides is 1. The van der Waals surface area contributed by atoms with Crippen molar-refractivity contribution in [2.24, 2.45) is 0 Å². The van der Waals surface area contributed by atoms with Gasteiger partial charge in [-0.25, -0.2) is 0 Å². The van der Waals surface area contributed by atoms with Gasteiger partial charge in [-0.15, -0.1) is 0 Å². The summed E-state index contributed by atoms with van der Waals surface area (Å²) in [7, 11) is 1.61.